The molecule has 3 rings (SSSR count). The average molecular weight is 388 g/mol. The van der Waals surface area contributed by atoms with Crippen LogP contribution >= 0.6 is 0 Å². The van der Waals surface area contributed by atoms with E-state index in [1.807, 2.05) is 0 Å². The molecule has 2 atom stereocenters. The molecule has 1 saturated carbocycles. The third-order valence-corrected chi connectivity index (χ3v) is 6.26. The number of hydrogen-bond acceptors (Lipinski definition) is 2. The Morgan fingerprint density at radius 2 is 1.67 bits per heavy atom. The molecule has 2 unspecified atom stereocenters. The Hall–Kier alpha value is -1.30. The summed E-state index contributed by atoms with van der Waals surface area (Å²) in [6, 6.07) is 1.63. The van der Waals surface area contributed by atoms with Crippen LogP contribution in [0.1, 0.15) is 57.4 Å². The smallest absolute Gasteiger partial charge is 0.400 e. The fourth-order valence-electron chi connectivity index (χ4n) is 4.27. The fraction of sp³-hybridized carbons (Fsp3) is 0.714. The van der Waals surface area contributed by atoms with E-state index in [4.69, 9.17) is 9.47 Å². The van der Waals surface area contributed by atoms with Crippen molar-refractivity contribution < 1.29 is 27.0 Å². The predicted molar refractivity (Wildman–Crippen MR) is 94.9 cm³/mol. The first-order valence-electron chi connectivity index (χ1n) is 9.94. The van der Waals surface area contributed by atoms with E-state index in [-0.39, 0.29) is 11.7 Å². The van der Waals surface area contributed by atoms with Gasteiger partial charge in [0, 0.05) is 24.3 Å². The van der Waals surface area contributed by atoms with Gasteiger partial charge < -0.3 is 9.47 Å². The van der Waals surface area contributed by atoms with E-state index in [2.05, 4.69) is 6.92 Å². The predicted octanol–water partition coefficient (Wildman–Crippen LogP) is 6.26. The lowest BCUT2D eigenvalue weighted by atomic mass is 9.76. The molecule has 1 aromatic rings. The van der Waals surface area contributed by atoms with Crippen molar-refractivity contribution in [2.75, 3.05) is 6.61 Å². The molecule has 2 fully saturated rings. The second kappa shape index (κ2) is 8.38. The van der Waals surface area contributed by atoms with Crippen LogP contribution in [0.4, 0.5) is 17.6 Å². The van der Waals surface area contributed by atoms with E-state index < -0.39 is 29.4 Å². The van der Waals surface area contributed by atoms with Crippen molar-refractivity contribution in [3.8, 4) is 5.75 Å². The molecule has 0 amide bonds. The Balaban J connectivity index is 1.55. The molecule has 2 nitrogen and oxygen atoms in total. The SMILES string of the molecule is CCC1CCC(C2CCC(C(F)(F)Oc3cc(F)c(C)c(F)c3)CC2)OC1. The average Bonchev–Trinajstić information content (AvgIpc) is 2.66. The third-order valence-electron chi connectivity index (χ3n) is 6.26. The van der Waals surface area contributed by atoms with Crippen LogP contribution in [0.5, 0.6) is 5.75 Å². The van der Waals surface area contributed by atoms with E-state index in [1.54, 1.807) is 0 Å². The van der Waals surface area contributed by atoms with Crippen molar-refractivity contribution in [1.29, 1.82) is 0 Å². The Kier molecular flexibility index (Phi) is 6.34. The lowest BCUT2D eigenvalue weighted by Crippen LogP contribution is -2.40. The van der Waals surface area contributed by atoms with Crippen LogP contribution in [-0.2, 0) is 4.74 Å². The van der Waals surface area contributed by atoms with Gasteiger partial charge in [-0.1, -0.05) is 13.3 Å². The first-order valence-corrected chi connectivity index (χ1v) is 9.94. The summed E-state index contributed by atoms with van der Waals surface area (Å²) in [5, 5.41) is 0. The Labute approximate surface area is 158 Å². The molecule has 1 heterocycles. The molecule has 2 aliphatic rings. The summed E-state index contributed by atoms with van der Waals surface area (Å²) in [5.41, 5.74) is -0.205. The topological polar surface area (TPSA) is 18.5 Å². The van der Waals surface area contributed by atoms with E-state index >= 15 is 0 Å². The molecule has 6 heteroatoms. The highest BCUT2D eigenvalue weighted by Gasteiger charge is 2.45. The number of benzene rings is 1. The second-order valence-electron chi connectivity index (χ2n) is 8.01. The molecule has 0 aromatic heterocycles. The van der Waals surface area contributed by atoms with Crippen LogP contribution in [0.25, 0.3) is 0 Å². The van der Waals surface area contributed by atoms with E-state index in [0.29, 0.717) is 37.5 Å². The van der Waals surface area contributed by atoms with E-state index in [9.17, 15) is 17.6 Å². The summed E-state index contributed by atoms with van der Waals surface area (Å²) >= 11 is 0. The lowest BCUT2D eigenvalue weighted by Gasteiger charge is -2.39. The van der Waals surface area contributed by atoms with Crippen LogP contribution in [0, 0.1) is 36.3 Å². The van der Waals surface area contributed by atoms with Crippen molar-refractivity contribution in [3.05, 3.63) is 29.3 Å². The Bertz CT molecular complexity index is 610. The summed E-state index contributed by atoms with van der Waals surface area (Å²) < 4.78 is 66.9. The second-order valence-corrected chi connectivity index (χ2v) is 8.01. The normalized spacial score (nSPS) is 29.6. The molecular formula is C21H28F4O2. The zero-order valence-electron chi connectivity index (χ0n) is 15.9. The van der Waals surface area contributed by atoms with Gasteiger partial charge in [0.25, 0.3) is 0 Å². The van der Waals surface area contributed by atoms with Crippen molar-refractivity contribution >= 4 is 0 Å². The minimum atomic E-state index is -3.44. The van der Waals surface area contributed by atoms with Gasteiger partial charge in [0.1, 0.15) is 17.4 Å². The maximum atomic E-state index is 14.5. The fourth-order valence-corrected chi connectivity index (χ4v) is 4.27. The Morgan fingerprint density at radius 3 is 2.19 bits per heavy atom. The van der Waals surface area contributed by atoms with Gasteiger partial charge in [-0.2, -0.15) is 8.78 Å². The van der Waals surface area contributed by atoms with Crippen molar-refractivity contribution in [2.24, 2.45) is 17.8 Å². The largest absolute Gasteiger partial charge is 0.432 e. The monoisotopic (exact) mass is 388 g/mol. The van der Waals surface area contributed by atoms with Crippen LogP contribution in [-0.4, -0.2) is 18.8 Å². The van der Waals surface area contributed by atoms with Crippen LogP contribution in [0.15, 0.2) is 12.1 Å². The van der Waals surface area contributed by atoms with Gasteiger partial charge in [0.05, 0.1) is 12.0 Å². The number of rotatable bonds is 5. The standard InChI is InChI=1S/C21H28F4O2/c1-3-14-4-9-20(26-12-14)15-5-7-16(8-6-15)21(24,25)27-17-10-18(22)13(2)19(23)11-17/h10-11,14-16,20H,3-9,12H2,1-2H3. The van der Waals surface area contributed by atoms with Gasteiger partial charge in [-0.15, -0.1) is 0 Å². The molecule has 0 spiro atoms. The molecule has 1 aromatic carbocycles. The molecule has 0 radical (unpaired) electrons. The highest BCUT2D eigenvalue weighted by Crippen LogP contribution is 2.43. The highest BCUT2D eigenvalue weighted by atomic mass is 19.3. The molecule has 1 aliphatic heterocycles. The minimum absolute atomic E-state index is 0.170. The van der Waals surface area contributed by atoms with Gasteiger partial charge in [-0.05, 0) is 57.3 Å². The van der Waals surface area contributed by atoms with Gasteiger partial charge in [-0.25, -0.2) is 8.78 Å². The lowest BCUT2D eigenvalue weighted by molar-refractivity contribution is -0.225. The van der Waals surface area contributed by atoms with Crippen LogP contribution in [0.2, 0.25) is 0 Å². The van der Waals surface area contributed by atoms with Crippen molar-refractivity contribution in [1.82, 2.24) is 0 Å². The maximum absolute atomic E-state index is 14.5. The molecule has 27 heavy (non-hydrogen) atoms. The van der Waals surface area contributed by atoms with Crippen LogP contribution in [0.3, 0.4) is 0 Å². The summed E-state index contributed by atoms with van der Waals surface area (Å²) in [5.74, 6) is -2.26. The van der Waals surface area contributed by atoms with Gasteiger partial charge in [-0.3, -0.25) is 0 Å². The van der Waals surface area contributed by atoms with Crippen molar-refractivity contribution in [2.45, 2.75) is 71.0 Å². The molecule has 1 aliphatic carbocycles. The van der Waals surface area contributed by atoms with Crippen molar-refractivity contribution in [3.63, 3.8) is 0 Å². The van der Waals surface area contributed by atoms with E-state index in [0.717, 1.165) is 38.0 Å². The van der Waals surface area contributed by atoms with Crippen LogP contribution < -0.4 is 4.74 Å². The maximum Gasteiger partial charge on any atom is 0.400 e. The Morgan fingerprint density at radius 1 is 1.04 bits per heavy atom. The molecule has 152 valence electrons. The zero-order chi connectivity index (χ0) is 19.6. The number of alkyl halides is 2. The number of halogens is 4. The molecule has 0 N–H and O–H groups in total. The zero-order valence-corrected chi connectivity index (χ0v) is 15.9. The summed E-state index contributed by atoms with van der Waals surface area (Å²) in [7, 11) is 0. The van der Waals surface area contributed by atoms with Gasteiger partial charge in [0.2, 0.25) is 0 Å². The number of ether oxygens (including phenoxy) is 2. The van der Waals surface area contributed by atoms with Gasteiger partial charge in [0.15, 0.2) is 0 Å². The highest BCUT2D eigenvalue weighted by molar-refractivity contribution is 5.30. The van der Waals surface area contributed by atoms with Gasteiger partial charge >= 0.3 is 6.11 Å². The summed E-state index contributed by atoms with van der Waals surface area (Å²) in [4.78, 5) is 0. The first-order chi connectivity index (χ1) is 12.8. The summed E-state index contributed by atoms with van der Waals surface area (Å²) in [6.07, 6.45) is 1.97. The molecule has 1 saturated heterocycles. The quantitative estimate of drug-likeness (QED) is 0.555. The minimum Gasteiger partial charge on any atom is -0.432 e. The molecule has 0 bridgehead atoms. The molecular weight excluding hydrogens is 360 g/mol. The number of hydrogen-bond donors (Lipinski definition) is 0. The third kappa shape index (κ3) is 4.76. The first kappa shape index (κ1) is 20.4. The summed E-state index contributed by atoms with van der Waals surface area (Å²) in [6.45, 7) is 4.18. The van der Waals surface area contributed by atoms with E-state index in [1.165, 1.54) is 6.92 Å².